The molecule has 2 amide bonds. The molecule has 2 aromatic rings. The van der Waals surface area contributed by atoms with Crippen LogP contribution in [0.2, 0.25) is 0 Å². The standard InChI is InChI=1S/C18H23N3O2/c22-10-8-14-3-1-5-17(14)21-18(23)20-12-13-6-7-16-15(11-13)4-2-9-19-16/h2,4,6-7,9,11,14,17,22H,1,3,5,8,10,12H2,(H2,20,21,23)/t14-,17+/m1/s1. The van der Waals surface area contributed by atoms with Crippen molar-refractivity contribution in [1.82, 2.24) is 15.6 Å². The molecule has 1 aromatic heterocycles. The molecule has 5 heteroatoms. The zero-order chi connectivity index (χ0) is 16.1. The van der Waals surface area contributed by atoms with Crippen LogP contribution in [0, 0.1) is 5.92 Å². The van der Waals surface area contributed by atoms with Gasteiger partial charge in [0.05, 0.1) is 5.52 Å². The molecule has 3 N–H and O–H groups in total. The van der Waals surface area contributed by atoms with Gasteiger partial charge in [-0.25, -0.2) is 4.79 Å². The molecule has 1 heterocycles. The van der Waals surface area contributed by atoms with Crippen molar-refractivity contribution in [2.45, 2.75) is 38.3 Å². The summed E-state index contributed by atoms with van der Waals surface area (Å²) < 4.78 is 0. The van der Waals surface area contributed by atoms with Gasteiger partial charge in [0.1, 0.15) is 0 Å². The number of nitrogens with one attached hydrogen (secondary N) is 2. The van der Waals surface area contributed by atoms with Gasteiger partial charge in [-0.3, -0.25) is 4.98 Å². The van der Waals surface area contributed by atoms with Gasteiger partial charge in [0.2, 0.25) is 0 Å². The van der Waals surface area contributed by atoms with Crippen LogP contribution in [0.25, 0.3) is 10.9 Å². The molecule has 122 valence electrons. The Balaban J connectivity index is 1.53. The Morgan fingerprint density at radius 2 is 2.22 bits per heavy atom. The highest BCUT2D eigenvalue weighted by molar-refractivity contribution is 5.79. The molecule has 23 heavy (non-hydrogen) atoms. The average molecular weight is 313 g/mol. The molecule has 1 aliphatic carbocycles. The molecule has 1 fully saturated rings. The van der Waals surface area contributed by atoms with Crippen molar-refractivity contribution in [2.75, 3.05) is 6.61 Å². The van der Waals surface area contributed by atoms with E-state index in [0.717, 1.165) is 42.1 Å². The number of aliphatic hydroxyl groups is 1. The van der Waals surface area contributed by atoms with Crippen molar-refractivity contribution >= 4 is 16.9 Å². The molecule has 1 saturated carbocycles. The minimum absolute atomic E-state index is 0.133. The average Bonchev–Trinajstić information content (AvgIpc) is 3.00. The molecule has 5 nitrogen and oxygen atoms in total. The largest absolute Gasteiger partial charge is 0.396 e. The van der Waals surface area contributed by atoms with Crippen molar-refractivity contribution in [3.63, 3.8) is 0 Å². The van der Waals surface area contributed by atoms with Crippen LogP contribution in [-0.2, 0) is 6.54 Å². The fourth-order valence-electron chi connectivity index (χ4n) is 3.38. The van der Waals surface area contributed by atoms with E-state index < -0.39 is 0 Å². The van der Waals surface area contributed by atoms with E-state index in [1.165, 1.54) is 0 Å². The molecule has 3 rings (SSSR count). The van der Waals surface area contributed by atoms with Crippen LogP contribution >= 0.6 is 0 Å². The molecule has 0 aliphatic heterocycles. The SMILES string of the molecule is O=C(NCc1ccc2ncccc2c1)N[C@H]1CCC[C@@H]1CCO. The molecule has 0 radical (unpaired) electrons. The lowest BCUT2D eigenvalue weighted by molar-refractivity contribution is 0.221. The second-order valence-electron chi connectivity index (χ2n) is 6.17. The van der Waals surface area contributed by atoms with Crippen molar-refractivity contribution < 1.29 is 9.90 Å². The van der Waals surface area contributed by atoms with Crippen LogP contribution in [0.3, 0.4) is 0 Å². The van der Waals surface area contributed by atoms with E-state index in [9.17, 15) is 4.79 Å². The van der Waals surface area contributed by atoms with Gasteiger partial charge in [-0.2, -0.15) is 0 Å². The first-order valence-corrected chi connectivity index (χ1v) is 8.25. The number of hydrogen-bond acceptors (Lipinski definition) is 3. The van der Waals surface area contributed by atoms with Crippen LogP contribution in [0.15, 0.2) is 36.5 Å². The van der Waals surface area contributed by atoms with Crippen LogP contribution in [-0.4, -0.2) is 28.8 Å². The van der Waals surface area contributed by atoms with Crippen LogP contribution in [0.5, 0.6) is 0 Å². The molecule has 1 aromatic carbocycles. The van der Waals surface area contributed by atoms with Gasteiger partial charge in [-0.1, -0.05) is 18.6 Å². The smallest absolute Gasteiger partial charge is 0.315 e. The fourth-order valence-corrected chi connectivity index (χ4v) is 3.38. The Bertz CT molecular complexity index is 674. The Morgan fingerprint density at radius 3 is 3.09 bits per heavy atom. The number of amides is 2. The predicted octanol–water partition coefficient (Wildman–Crippen LogP) is 2.59. The Kier molecular flexibility index (Phi) is 5.08. The van der Waals surface area contributed by atoms with Crippen molar-refractivity contribution in [1.29, 1.82) is 0 Å². The van der Waals surface area contributed by atoms with E-state index in [4.69, 9.17) is 5.11 Å². The summed E-state index contributed by atoms with van der Waals surface area (Å²) in [5.41, 5.74) is 2.01. The van der Waals surface area contributed by atoms with E-state index in [2.05, 4.69) is 15.6 Å². The topological polar surface area (TPSA) is 74.2 Å². The third-order valence-electron chi connectivity index (χ3n) is 4.60. The number of fused-ring (bicyclic) bond motifs is 1. The van der Waals surface area contributed by atoms with Gasteiger partial charge in [0, 0.05) is 30.8 Å². The molecule has 0 bridgehead atoms. The van der Waals surface area contributed by atoms with E-state index in [1.807, 2.05) is 30.3 Å². The highest BCUT2D eigenvalue weighted by Gasteiger charge is 2.27. The van der Waals surface area contributed by atoms with Crippen molar-refractivity contribution in [3.8, 4) is 0 Å². The number of urea groups is 1. The zero-order valence-electron chi connectivity index (χ0n) is 13.2. The number of aromatic nitrogens is 1. The maximum atomic E-state index is 12.1. The van der Waals surface area contributed by atoms with Crippen molar-refractivity contribution in [2.24, 2.45) is 5.92 Å². The van der Waals surface area contributed by atoms with Gasteiger partial charge in [0.15, 0.2) is 0 Å². The van der Waals surface area contributed by atoms with Crippen molar-refractivity contribution in [3.05, 3.63) is 42.1 Å². The number of rotatable bonds is 5. The first-order valence-electron chi connectivity index (χ1n) is 8.25. The third-order valence-corrected chi connectivity index (χ3v) is 4.60. The lowest BCUT2D eigenvalue weighted by Gasteiger charge is -2.20. The summed E-state index contributed by atoms with van der Waals surface area (Å²) in [7, 11) is 0. The predicted molar refractivity (Wildman–Crippen MR) is 89.9 cm³/mol. The Labute approximate surface area is 136 Å². The summed E-state index contributed by atoms with van der Waals surface area (Å²) in [5.74, 6) is 0.400. The minimum Gasteiger partial charge on any atom is -0.396 e. The number of benzene rings is 1. The molecule has 0 saturated heterocycles. The van der Waals surface area contributed by atoms with Gasteiger partial charge >= 0.3 is 6.03 Å². The number of pyridine rings is 1. The van der Waals surface area contributed by atoms with Gasteiger partial charge in [-0.15, -0.1) is 0 Å². The lowest BCUT2D eigenvalue weighted by atomic mass is 10.0. The lowest BCUT2D eigenvalue weighted by Crippen LogP contribution is -2.43. The fraction of sp³-hybridized carbons (Fsp3) is 0.444. The second kappa shape index (κ2) is 7.42. The van der Waals surface area contributed by atoms with Gasteiger partial charge in [-0.05, 0) is 48.9 Å². The first-order chi connectivity index (χ1) is 11.3. The summed E-state index contributed by atoms with van der Waals surface area (Å²) >= 11 is 0. The number of carbonyl (C=O) groups excluding carboxylic acids is 1. The number of carbonyl (C=O) groups is 1. The van der Waals surface area contributed by atoms with Gasteiger partial charge < -0.3 is 15.7 Å². The summed E-state index contributed by atoms with van der Waals surface area (Å²) in [6.07, 6.45) is 5.75. The summed E-state index contributed by atoms with van der Waals surface area (Å²) in [4.78, 5) is 16.4. The van der Waals surface area contributed by atoms with E-state index >= 15 is 0 Å². The van der Waals surface area contributed by atoms with Gasteiger partial charge in [0.25, 0.3) is 0 Å². The highest BCUT2D eigenvalue weighted by Crippen LogP contribution is 2.28. The van der Waals surface area contributed by atoms with Crippen LogP contribution in [0.4, 0.5) is 4.79 Å². The number of hydrogen-bond donors (Lipinski definition) is 3. The first kappa shape index (κ1) is 15.7. The minimum atomic E-state index is -0.133. The summed E-state index contributed by atoms with van der Waals surface area (Å²) in [6, 6.07) is 9.98. The normalized spacial score (nSPS) is 20.6. The molecular weight excluding hydrogens is 290 g/mol. The molecule has 1 aliphatic rings. The van der Waals surface area contributed by atoms with Crippen LogP contribution in [0.1, 0.15) is 31.2 Å². The molecule has 2 atom stereocenters. The maximum absolute atomic E-state index is 12.1. The maximum Gasteiger partial charge on any atom is 0.315 e. The summed E-state index contributed by atoms with van der Waals surface area (Å²) in [5, 5.41) is 16.1. The highest BCUT2D eigenvalue weighted by atomic mass is 16.3. The number of nitrogens with zero attached hydrogens (tertiary/aromatic N) is 1. The molecular formula is C18H23N3O2. The van der Waals surface area contributed by atoms with E-state index in [0.29, 0.717) is 12.5 Å². The molecule has 0 unspecified atom stereocenters. The van der Waals surface area contributed by atoms with E-state index in [1.54, 1.807) is 6.20 Å². The third kappa shape index (κ3) is 3.99. The quantitative estimate of drug-likeness (QED) is 0.794. The second-order valence-corrected chi connectivity index (χ2v) is 6.17. The van der Waals surface area contributed by atoms with Crippen LogP contribution < -0.4 is 10.6 Å². The summed E-state index contributed by atoms with van der Waals surface area (Å²) in [6.45, 7) is 0.684. The van der Waals surface area contributed by atoms with E-state index in [-0.39, 0.29) is 18.7 Å². The Hall–Kier alpha value is -2.14. The monoisotopic (exact) mass is 313 g/mol. The number of aliphatic hydroxyl groups excluding tert-OH is 1. The zero-order valence-corrected chi connectivity index (χ0v) is 13.2. The molecule has 0 spiro atoms. The Morgan fingerprint density at radius 1 is 1.30 bits per heavy atom.